The summed E-state index contributed by atoms with van der Waals surface area (Å²) in [5.41, 5.74) is 0. The van der Waals surface area contributed by atoms with E-state index in [1.54, 1.807) is 0 Å². The fourth-order valence-electron chi connectivity index (χ4n) is 6.45. The first-order chi connectivity index (χ1) is 24.4. The molecule has 0 aromatic rings. The lowest BCUT2D eigenvalue weighted by atomic mass is 10.0. The maximum atomic E-state index is 12.6. The average molecular weight is 709 g/mol. The van der Waals surface area contributed by atoms with Crippen molar-refractivity contribution in [3.05, 3.63) is 0 Å². The Morgan fingerprint density at radius 2 is 0.660 bits per heavy atom. The van der Waals surface area contributed by atoms with Crippen LogP contribution in [-0.2, 0) is 28.6 Å². The molecule has 6 heteroatoms. The first kappa shape index (κ1) is 48.4. The molecule has 0 saturated heterocycles. The fraction of sp³-hybridized carbons (Fsp3) is 0.932. The molecule has 0 heterocycles. The molecule has 1 atom stereocenters. The molecule has 0 radical (unpaired) electrons. The molecule has 0 aliphatic rings. The molecule has 0 rings (SSSR count). The van der Waals surface area contributed by atoms with Crippen molar-refractivity contribution in [3.8, 4) is 0 Å². The second-order valence-corrected chi connectivity index (χ2v) is 15.5. The minimum atomic E-state index is -0.757. The molecule has 0 saturated carbocycles. The Hall–Kier alpha value is -1.59. The van der Waals surface area contributed by atoms with Crippen molar-refractivity contribution >= 4 is 17.9 Å². The number of ether oxygens (including phenoxy) is 3. The Morgan fingerprint density at radius 1 is 0.380 bits per heavy atom. The van der Waals surface area contributed by atoms with Crippen LogP contribution in [-0.4, -0.2) is 37.2 Å². The maximum absolute atomic E-state index is 12.6. The number of unbranched alkanes of at least 4 members (excludes halogenated alkanes) is 26. The van der Waals surface area contributed by atoms with E-state index in [1.807, 2.05) is 0 Å². The molecule has 0 unspecified atom stereocenters. The summed E-state index contributed by atoms with van der Waals surface area (Å²) in [6.07, 6.45) is 36.9. The molecule has 0 bridgehead atoms. The van der Waals surface area contributed by atoms with Crippen LogP contribution in [0.5, 0.6) is 0 Å². The SMILES string of the molecule is CCCCCCCCCCCCCCCCCC(=O)OC[C@H](COC(=O)CCCCCCC)OC(=O)CCCCCCCCCCCC(C)C. The van der Waals surface area contributed by atoms with E-state index in [1.165, 1.54) is 128 Å². The summed E-state index contributed by atoms with van der Waals surface area (Å²) < 4.78 is 16.6. The highest BCUT2D eigenvalue weighted by atomic mass is 16.6. The van der Waals surface area contributed by atoms with Crippen LogP contribution in [0.25, 0.3) is 0 Å². The van der Waals surface area contributed by atoms with Gasteiger partial charge in [0.05, 0.1) is 0 Å². The van der Waals surface area contributed by atoms with E-state index in [0.717, 1.165) is 70.1 Å². The summed E-state index contributed by atoms with van der Waals surface area (Å²) in [5.74, 6) is -0.0654. The molecule has 50 heavy (non-hydrogen) atoms. The Kier molecular flexibility index (Phi) is 37.4. The molecule has 0 aromatic heterocycles. The van der Waals surface area contributed by atoms with Gasteiger partial charge in [0.15, 0.2) is 6.10 Å². The third kappa shape index (κ3) is 37.7. The predicted octanol–water partition coefficient (Wildman–Crippen LogP) is 13.6. The number of hydrogen-bond donors (Lipinski definition) is 0. The zero-order chi connectivity index (χ0) is 36.8. The standard InChI is InChI=1S/C44H84O6/c1-5-7-9-11-12-13-14-15-16-17-18-21-24-28-32-36-43(46)49-39-41(38-48-42(45)35-31-26-10-8-6-2)50-44(47)37-33-29-25-22-19-20-23-27-30-34-40(3)4/h40-41H,5-39H2,1-4H3/t41-/m0/s1. The molecular weight excluding hydrogens is 624 g/mol. The fourth-order valence-corrected chi connectivity index (χ4v) is 6.45. The first-order valence-electron chi connectivity index (χ1n) is 21.9. The topological polar surface area (TPSA) is 78.9 Å². The van der Waals surface area contributed by atoms with Crippen molar-refractivity contribution in [3.63, 3.8) is 0 Å². The van der Waals surface area contributed by atoms with E-state index in [-0.39, 0.29) is 31.1 Å². The van der Waals surface area contributed by atoms with Crippen LogP contribution in [0, 0.1) is 5.92 Å². The van der Waals surface area contributed by atoms with Crippen LogP contribution in [0.3, 0.4) is 0 Å². The lowest BCUT2D eigenvalue weighted by molar-refractivity contribution is -0.167. The van der Waals surface area contributed by atoms with Gasteiger partial charge in [-0.3, -0.25) is 14.4 Å². The zero-order valence-electron chi connectivity index (χ0n) is 33.9. The largest absolute Gasteiger partial charge is 0.462 e. The van der Waals surface area contributed by atoms with Crippen molar-refractivity contribution in [2.75, 3.05) is 13.2 Å². The molecule has 0 aliphatic carbocycles. The smallest absolute Gasteiger partial charge is 0.306 e. The summed E-state index contributed by atoms with van der Waals surface area (Å²) in [6.45, 7) is 8.89. The van der Waals surface area contributed by atoms with E-state index in [2.05, 4.69) is 27.7 Å². The lowest BCUT2D eigenvalue weighted by Gasteiger charge is -2.18. The highest BCUT2D eigenvalue weighted by Gasteiger charge is 2.19. The van der Waals surface area contributed by atoms with Gasteiger partial charge in [0.1, 0.15) is 13.2 Å². The van der Waals surface area contributed by atoms with Crippen LogP contribution >= 0.6 is 0 Å². The van der Waals surface area contributed by atoms with Crippen LogP contribution < -0.4 is 0 Å². The summed E-state index contributed by atoms with van der Waals surface area (Å²) in [4.78, 5) is 37.4. The van der Waals surface area contributed by atoms with Crippen LogP contribution in [0.15, 0.2) is 0 Å². The molecule has 0 amide bonds. The van der Waals surface area contributed by atoms with Gasteiger partial charge >= 0.3 is 17.9 Å². The maximum Gasteiger partial charge on any atom is 0.306 e. The summed E-state index contributed by atoms with van der Waals surface area (Å²) >= 11 is 0. The molecule has 0 aliphatic heterocycles. The Balaban J connectivity index is 4.19. The second kappa shape index (κ2) is 38.6. The van der Waals surface area contributed by atoms with E-state index in [0.29, 0.717) is 19.3 Å². The molecule has 0 fully saturated rings. The van der Waals surface area contributed by atoms with Crippen molar-refractivity contribution in [2.24, 2.45) is 5.92 Å². The lowest BCUT2D eigenvalue weighted by Crippen LogP contribution is -2.30. The number of hydrogen-bond acceptors (Lipinski definition) is 6. The van der Waals surface area contributed by atoms with E-state index < -0.39 is 6.10 Å². The van der Waals surface area contributed by atoms with Crippen molar-refractivity contribution in [1.82, 2.24) is 0 Å². The number of carbonyl (C=O) groups excluding carboxylic acids is 3. The zero-order valence-corrected chi connectivity index (χ0v) is 33.9. The van der Waals surface area contributed by atoms with Gasteiger partial charge < -0.3 is 14.2 Å². The van der Waals surface area contributed by atoms with E-state index >= 15 is 0 Å². The quantitative estimate of drug-likeness (QED) is 0.0359. The van der Waals surface area contributed by atoms with E-state index in [4.69, 9.17) is 14.2 Å². The minimum Gasteiger partial charge on any atom is -0.462 e. The normalized spacial score (nSPS) is 11.9. The van der Waals surface area contributed by atoms with Gasteiger partial charge in [-0.15, -0.1) is 0 Å². The molecule has 0 spiro atoms. The number of rotatable bonds is 39. The van der Waals surface area contributed by atoms with Gasteiger partial charge in [0.2, 0.25) is 0 Å². The van der Waals surface area contributed by atoms with Gasteiger partial charge in [-0.2, -0.15) is 0 Å². The van der Waals surface area contributed by atoms with Gasteiger partial charge in [-0.05, 0) is 25.2 Å². The monoisotopic (exact) mass is 709 g/mol. The van der Waals surface area contributed by atoms with Crippen LogP contribution in [0.1, 0.15) is 240 Å². The minimum absolute atomic E-state index is 0.0652. The third-order valence-electron chi connectivity index (χ3n) is 9.79. The van der Waals surface area contributed by atoms with Gasteiger partial charge in [-0.1, -0.05) is 201 Å². The molecular formula is C44H84O6. The Bertz CT molecular complexity index is 751. The van der Waals surface area contributed by atoms with Gasteiger partial charge in [0.25, 0.3) is 0 Å². The number of carbonyl (C=O) groups is 3. The second-order valence-electron chi connectivity index (χ2n) is 15.5. The Morgan fingerprint density at radius 3 is 0.980 bits per heavy atom. The molecule has 296 valence electrons. The molecule has 0 aromatic carbocycles. The van der Waals surface area contributed by atoms with Gasteiger partial charge in [-0.25, -0.2) is 0 Å². The molecule has 0 N–H and O–H groups in total. The van der Waals surface area contributed by atoms with Crippen molar-refractivity contribution in [2.45, 2.75) is 246 Å². The third-order valence-corrected chi connectivity index (χ3v) is 9.79. The summed E-state index contributed by atoms with van der Waals surface area (Å²) in [7, 11) is 0. The summed E-state index contributed by atoms with van der Waals surface area (Å²) in [6, 6.07) is 0. The molecule has 6 nitrogen and oxygen atoms in total. The van der Waals surface area contributed by atoms with Gasteiger partial charge in [0, 0.05) is 19.3 Å². The average Bonchev–Trinajstić information content (AvgIpc) is 3.09. The van der Waals surface area contributed by atoms with Crippen LogP contribution in [0.4, 0.5) is 0 Å². The predicted molar refractivity (Wildman–Crippen MR) is 210 cm³/mol. The first-order valence-corrected chi connectivity index (χ1v) is 21.9. The highest BCUT2D eigenvalue weighted by molar-refractivity contribution is 5.71. The number of esters is 3. The summed E-state index contributed by atoms with van der Waals surface area (Å²) in [5, 5.41) is 0. The van der Waals surface area contributed by atoms with Crippen LogP contribution in [0.2, 0.25) is 0 Å². The Labute approximate surface area is 310 Å². The van der Waals surface area contributed by atoms with Crippen molar-refractivity contribution < 1.29 is 28.6 Å². The van der Waals surface area contributed by atoms with Crippen molar-refractivity contribution in [1.29, 1.82) is 0 Å². The highest BCUT2D eigenvalue weighted by Crippen LogP contribution is 2.16. The van der Waals surface area contributed by atoms with E-state index in [9.17, 15) is 14.4 Å².